The second-order valence-corrected chi connectivity index (χ2v) is 11.7. The number of aromatic nitrogens is 2. The molecule has 1 unspecified atom stereocenters. The monoisotopic (exact) mass is 491 g/mol. The summed E-state index contributed by atoms with van der Waals surface area (Å²) in [6, 6.07) is 6.72. The van der Waals surface area contributed by atoms with Gasteiger partial charge in [0, 0.05) is 12.4 Å². The summed E-state index contributed by atoms with van der Waals surface area (Å²) < 4.78 is 26.6. The van der Waals surface area contributed by atoms with E-state index in [9.17, 15) is 13.8 Å². The highest BCUT2D eigenvalue weighted by atomic mass is 32.2. The third-order valence-corrected chi connectivity index (χ3v) is 5.69. The summed E-state index contributed by atoms with van der Waals surface area (Å²) >= 11 is 0. The Hall–Kier alpha value is -3.01. The number of carbonyl (C=O) groups excluding carboxylic acids is 1. The van der Waals surface area contributed by atoms with Crippen molar-refractivity contribution in [3.05, 3.63) is 42.2 Å². The first-order valence-corrected chi connectivity index (χ1v) is 11.9. The third kappa shape index (κ3) is 8.40. The lowest BCUT2D eigenvalue weighted by molar-refractivity contribution is -0.167. The predicted molar refractivity (Wildman–Crippen MR) is 129 cm³/mol. The molecule has 0 aliphatic carbocycles. The summed E-state index contributed by atoms with van der Waals surface area (Å²) in [6.07, 6.45) is 2.84. The maximum absolute atomic E-state index is 12.6. The van der Waals surface area contributed by atoms with Crippen molar-refractivity contribution in [2.24, 2.45) is 10.8 Å². The number of ether oxygens (including phenoxy) is 2. The van der Waals surface area contributed by atoms with Gasteiger partial charge in [0.15, 0.2) is 11.0 Å². The van der Waals surface area contributed by atoms with Crippen LogP contribution in [-0.4, -0.2) is 43.4 Å². The van der Waals surface area contributed by atoms with Crippen molar-refractivity contribution in [3.63, 3.8) is 0 Å². The molecule has 186 valence electrons. The fourth-order valence-corrected chi connectivity index (χ4v) is 4.08. The Kier molecular flexibility index (Phi) is 8.41. The van der Waals surface area contributed by atoms with Gasteiger partial charge in [0.2, 0.25) is 5.95 Å². The van der Waals surface area contributed by atoms with Crippen LogP contribution >= 0.6 is 0 Å². The molecule has 10 heteroatoms. The molecule has 2 N–H and O–H groups in total. The Morgan fingerprint density at radius 2 is 1.56 bits per heavy atom. The SMILES string of the molecule is CC(C)(COc1ccc(S(=O)Nc2ncc(C(=O)O)cn2)cc1)CC(C)(C)C(=O)OC(C)(C)C. The average Bonchev–Trinajstić information content (AvgIpc) is 2.71. The molecule has 0 aliphatic rings. The van der Waals surface area contributed by atoms with Crippen molar-refractivity contribution in [1.29, 1.82) is 0 Å². The maximum Gasteiger partial charge on any atom is 0.338 e. The Labute approximate surface area is 202 Å². The largest absolute Gasteiger partial charge is 0.493 e. The van der Waals surface area contributed by atoms with E-state index in [0.29, 0.717) is 23.7 Å². The number of carbonyl (C=O) groups is 2. The molecule has 2 rings (SSSR count). The van der Waals surface area contributed by atoms with Gasteiger partial charge in [0.25, 0.3) is 0 Å². The number of esters is 1. The Morgan fingerprint density at radius 3 is 2.06 bits per heavy atom. The molecule has 1 aromatic carbocycles. The normalized spacial score (nSPS) is 13.1. The van der Waals surface area contributed by atoms with E-state index in [1.807, 2.05) is 48.5 Å². The van der Waals surface area contributed by atoms with Gasteiger partial charge in [-0.2, -0.15) is 0 Å². The van der Waals surface area contributed by atoms with Crippen molar-refractivity contribution in [2.75, 3.05) is 11.3 Å². The zero-order valence-corrected chi connectivity index (χ0v) is 21.5. The minimum atomic E-state index is -1.64. The van der Waals surface area contributed by atoms with Gasteiger partial charge in [0.1, 0.15) is 11.4 Å². The maximum atomic E-state index is 12.6. The second kappa shape index (κ2) is 10.5. The summed E-state index contributed by atoms with van der Waals surface area (Å²) in [7, 11) is -1.64. The Balaban J connectivity index is 1.94. The highest BCUT2D eigenvalue weighted by molar-refractivity contribution is 7.86. The van der Waals surface area contributed by atoms with Crippen molar-refractivity contribution >= 4 is 28.9 Å². The lowest BCUT2D eigenvalue weighted by Crippen LogP contribution is -2.38. The fourth-order valence-electron chi connectivity index (χ4n) is 3.31. The molecule has 0 saturated carbocycles. The molecule has 1 heterocycles. The quantitative estimate of drug-likeness (QED) is 0.466. The minimum Gasteiger partial charge on any atom is -0.493 e. The van der Waals surface area contributed by atoms with Crippen LogP contribution in [-0.2, 0) is 20.5 Å². The average molecular weight is 492 g/mol. The van der Waals surface area contributed by atoms with Crippen LogP contribution in [0.2, 0.25) is 0 Å². The lowest BCUT2D eigenvalue weighted by atomic mass is 9.75. The van der Waals surface area contributed by atoms with Crippen molar-refractivity contribution in [1.82, 2.24) is 9.97 Å². The predicted octanol–water partition coefficient (Wildman–Crippen LogP) is 4.47. The van der Waals surface area contributed by atoms with Crippen LogP contribution in [0.4, 0.5) is 5.95 Å². The number of carboxylic acids is 1. The van der Waals surface area contributed by atoms with Gasteiger partial charge in [-0.05, 0) is 70.7 Å². The number of nitrogens with one attached hydrogen (secondary N) is 1. The van der Waals surface area contributed by atoms with Crippen LogP contribution in [0.25, 0.3) is 0 Å². The third-order valence-electron chi connectivity index (χ3n) is 4.62. The van der Waals surface area contributed by atoms with Gasteiger partial charge in [-0.3, -0.25) is 9.52 Å². The molecule has 0 radical (unpaired) electrons. The van der Waals surface area contributed by atoms with E-state index < -0.39 is 28.0 Å². The summed E-state index contributed by atoms with van der Waals surface area (Å²) in [4.78, 5) is 31.6. The van der Waals surface area contributed by atoms with E-state index in [0.717, 1.165) is 12.4 Å². The van der Waals surface area contributed by atoms with Gasteiger partial charge >= 0.3 is 11.9 Å². The molecule has 0 aliphatic heterocycles. The molecule has 1 atom stereocenters. The first-order chi connectivity index (χ1) is 15.6. The molecular formula is C24H33N3O6S. The van der Waals surface area contributed by atoms with Crippen molar-refractivity contribution in [2.45, 2.75) is 65.4 Å². The Bertz CT molecular complexity index is 1030. The van der Waals surface area contributed by atoms with Gasteiger partial charge < -0.3 is 14.6 Å². The first-order valence-electron chi connectivity index (χ1n) is 10.8. The van der Waals surface area contributed by atoms with E-state index in [4.69, 9.17) is 14.6 Å². The molecule has 2 aromatic rings. The summed E-state index contributed by atoms with van der Waals surface area (Å²) in [5.41, 5.74) is -1.57. The van der Waals surface area contributed by atoms with E-state index in [1.165, 1.54) is 0 Å². The number of rotatable bonds is 10. The topological polar surface area (TPSA) is 128 Å². The molecule has 0 bridgehead atoms. The molecule has 1 aromatic heterocycles. The standard InChI is InChI=1S/C24H33N3O6S/c1-22(2,3)33-20(30)24(6,7)14-23(4,5)15-32-17-8-10-18(11-9-17)34(31)27-21-25-12-16(13-26-21)19(28)29/h8-13H,14-15H2,1-7H3,(H,28,29)(H,25,26,27). The number of aromatic carboxylic acids is 1. The number of hydrogen-bond donors (Lipinski definition) is 2. The molecule has 9 nitrogen and oxygen atoms in total. The fraction of sp³-hybridized carbons (Fsp3) is 0.500. The van der Waals surface area contributed by atoms with Gasteiger partial charge in [-0.25, -0.2) is 19.0 Å². The van der Waals surface area contributed by atoms with E-state index in [1.54, 1.807) is 24.3 Å². The Morgan fingerprint density at radius 1 is 1.00 bits per heavy atom. The zero-order valence-electron chi connectivity index (χ0n) is 20.7. The lowest BCUT2D eigenvalue weighted by Gasteiger charge is -2.35. The van der Waals surface area contributed by atoms with Gasteiger partial charge in [-0.15, -0.1) is 0 Å². The van der Waals surface area contributed by atoms with Crippen molar-refractivity contribution < 1.29 is 28.4 Å². The van der Waals surface area contributed by atoms with E-state index >= 15 is 0 Å². The van der Waals surface area contributed by atoms with Crippen LogP contribution in [0.1, 0.15) is 65.2 Å². The first kappa shape index (κ1) is 27.2. The summed E-state index contributed by atoms with van der Waals surface area (Å²) in [5, 5.41) is 8.88. The van der Waals surface area contributed by atoms with Crippen molar-refractivity contribution in [3.8, 4) is 5.75 Å². The van der Waals surface area contributed by atoms with Crippen LogP contribution in [0.5, 0.6) is 5.75 Å². The molecule has 0 saturated heterocycles. The summed E-state index contributed by atoms with van der Waals surface area (Å²) in [5.74, 6) is -0.724. The smallest absolute Gasteiger partial charge is 0.338 e. The highest BCUT2D eigenvalue weighted by Crippen LogP contribution is 2.36. The zero-order chi connectivity index (χ0) is 25.7. The van der Waals surface area contributed by atoms with Crippen LogP contribution in [0, 0.1) is 10.8 Å². The number of carboxylic acid groups (broad SMARTS) is 1. The summed E-state index contributed by atoms with van der Waals surface area (Å²) in [6.45, 7) is 13.7. The van der Waals surface area contributed by atoms with Crippen LogP contribution < -0.4 is 9.46 Å². The molecule has 0 spiro atoms. The molecule has 34 heavy (non-hydrogen) atoms. The number of anilines is 1. The minimum absolute atomic E-state index is 0.0537. The molecule has 0 fully saturated rings. The number of benzene rings is 1. The van der Waals surface area contributed by atoms with Gasteiger partial charge in [0.05, 0.1) is 22.5 Å². The second-order valence-electron chi connectivity index (χ2n) is 10.5. The number of nitrogens with zero attached hydrogens (tertiary/aromatic N) is 2. The number of hydrogen-bond acceptors (Lipinski definition) is 7. The van der Waals surface area contributed by atoms with E-state index in [2.05, 4.69) is 14.7 Å². The molecular weight excluding hydrogens is 458 g/mol. The molecule has 0 amide bonds. The highest BCUT2D eigenvalue weighted by Gasteiger charge is 2.38. The van der Waals surface area contributed by atoms with Gasteiger partial charge in [-0.1, -0.05) is 13.8 Å². The van der Waals surface area contributed by atoms with Crippen LogP contribution in [0.15, 0.2) is 41.6 Å². The van der Waals surface area contributed by atoms with Crippen LogP contribution in [0.3, 0.4) is 0 Å². The van der Waals surface area contributed by atoms with E-state index in [-0.39, 0.29) is 22.9 Å².